The topological polar surface area (TPSA) is 39.2 Å². The quantitative estimate of drug-likeness (QED) is 0.446. The third-order valence-electron chi connectivity index (χ3n) is 2.55. The Morgan fingerprint density at radius 2 is 2.30 bits per heavy atom. The maximum atomic E-state index is 11.5. The molecule has 5 heteroatoms. The molecule has 2 rings (SSSR count). The minimum atomic E-state index is -0.305. The number of nitrogens with zero attached hydrogens (tertiary/aromatic N) is 1. The first-order valence-corrected chi connectivity index (χ1v) is 7.84. The average molecular weight is 352 g/mol. The van der Waals surface area contributed by atoms with Gasteiger partial charge in [-0.3, -0.25) is 4.98 Å². The molecule has 0 unspecified atom stereocenters. The number of ether oxygens (including phenoxy) is 1. The lowest BCUT2D eigenvalue weighted by Crippen LogP contribution is -2.03. The Hall–Kier alpha value is -1.46. The van der Waals surface area contributed by atoms with Crippen molar-refractivity contribution in [3.05, 3.63) is 57.0 Å². The van der Waals surface area contributed by atoms with Gasteiger partial charge in [0, 0.05) is 23.3 Å². The molecular weight excluding hydrogens is 338 g/mol. The summed E-state index contributed by atoms with van der Waals surface area (Å²) >= 11 is 4.95. The van der Waals surface area contributed by atoms with Gasteiger partial charge in [0.25, 0.3) is 0 Å². The summed E-state index contributed by atoms with van der Waals surface area (Å²) in [6.07, 6.45) is 8.47. The number of thiophene rings is 1. The van der Waals surface area contributed by atoms with Gasteiger partial charge in [-0.2, -0.15) is 0 Å². The third-order valence-corrected chi connectivity index (χ3v) is 4.14. The number of hydrogen-bond donors (Lipinski definition) is 0. The van der Waals surface area contributed by atoms with Gasteiger partial charge in [0.1, 0.15) is 0 Å². The zero-order valence-electron chi connectivity index (χ0n) is 10.8. The van der Waals surface area contributed by atoms with E-state index in [1.54, 1.807) is 23.6 Å². The van der Waals surface area contributed by atoms with Crippen LogP contribution in [0.1, 0.15) is 16.9 Å². The van der Waals surface area contributed by atoms with Crippen LogP contribution in [0.4, 0.5) is 0 Å². The molecule has 0 spiro atoms. The molecule has 0 N–H and O–H groups in total. The van der Waals surface area contributed by atoms with E-state index in [0.29, 0.717) is 6.61 Å². The third kappa shape index (κ3) is 5.27. The summed E-state index contributed by atoms with van der Waals surface area (Å²) in [5, 5.41) is 0. The Bertz CT molecular complexity index is 581. The number of rotatable bonds is 6. The predicted octanol–water partition coefficient (Wildman–Crippen LogP) is 4.09. The van der Waals surface area contributed by atoms with Gasteiger partial charge in [0.15, 0.2) is 0 Å². The number of aromatic nitrogens is 1. The first kappa shape index (κ1) is 14.9. The summed E-state index contributed by atoms with van der Waals surface area (Å²) in [6, 6.07) is 7.82. The highest BCUT2D eigenvalue weighted by Crippen LogP contribution is 2.22. The molecule has 3 nitrogen and oxygen atoms in total. The van der Waals surface area contributed by atoms with Crippen LogP contribution >= 0.6 is 27.3 Å². The van der Waals surface area contributed by atoms with Crippen LogP contribution in [-0.2, 0) is 16.0 Å². The van der Waals surface area contributed by atoms with Gasteiger partial charge in [-0.25, -0.2) is 4.79 Å². The van der Waals surface area contributed by atoms with E-state index < -0.39 is 0 Å². The smallest absolute Gasteiger partial charge is 0.330 e. The van der Waals surface area contributed by atoms with Gasteiger partial charge in [-0.15, -0.1) is 11.3 Å². The van der Waals surface area contributed by atoms with E-state index in [-0.39, 0.29) is 5.97 Å². The molecule has 0 radical (unpaired) electrons. The van der Waals surface area contributed by atoms with E-state index in [2.05, 4.69) is 20.9 Å². The molecule has 0 saturated heterocycles. The Balaban J connectivity index is 1.66. The van der Waals surface area contributed by atoms with Crippen molar-refractivity contribution in [2.75, 3.05) is 6.61 Å². The second-order valence-electron chi connectivity index (χ2n) is 4.11. The molecule has 0 amide bonds. The van der Waals surface area contributed by atoms with E-state index in [4.69, 9.17) is 4.74 Å². The fraction of sp³-hybridized carbons (Fsp3) is 0.200. The highest BCUT2D eigenvalue weighted by Gasteiger charge is 1.99. The van der Waals surface area contributed by atoms with Crippen molar-refractivity contribution in [1.82, 2.24) is 4.98 Å². The maximum Gasteiger partial charge on any atom is 0.330 e. The fourth-order valence-electron chi connectivity index (χ4n) is 1.61. The summed E-state index contributed by atoms with van der Waals surface area (Å²) < 4.78 is 6.18. The van der Waals surface area contributed by atoms with E-state index in [0.717, 1.165) is 27.1 Å². The van der Waals surface area contributed by atoms with Crippen molar-refractivity contribution in [3.63, 3.8) is 0 Å². The molecule has 0 saturated carbocycles. The number of aryl methyl sites for hydroxylation is 1. The summed E-state index contributed by atoms with van der Waals surface area (Å²) in [5.41, 5.74) is 1.16. The zero-order chi connectivity index (χ0) is 14.2. The van der Waals surface area contributed by atoms with Gasteiger partial charge < -0.3 is 4.74 Å². The molecule has 0 aliphatic heterocycles. The maximum absolute atomic E-state index is 11.5. The second-order valence-corrected chi connectivity index (χ2v) is 6.60. The molecule has 104 valence electrons. The molecule has 0 aromatic carbocycles. The number of carbonyl (C=O) groups is 1. The SMILES string of the molecule is O=C(C=Cc1ccc(Br)s1)OCCCc1cccnc1. The Labute approximate surface area is 130 Å². The lowest BCUT2D eigenvalue weighted by atomic mass is 10.2. The van der Waals surface area contributed by atoms with Crippen molar-refractivity contribution in [2.24, 2.45) is 0 Å². The first-order valence-electron chi connectivity index (χ1n) is 6.23. The van der Waals surface area contributed by atoms with Gasteiger partial charge in [-0.1, -0.05) is 6.07 Å². The van der Waals surface area contributed by atoms with Crippen LogP contribution in [0.15, 0.2) is 46.5 Å². The summed E-state index contributed by atoms with van der Waals surface area (Å²) in [7, 11) is 0. The Kier molecular flexibility index (Phi) is 5.95. The molecule has 2 aromatic heterocycles. The largest absolute Gasteiger partial charge is 0.463 e. The van der Waals surface area contributed by atoms with Gasteiger partial charge in [0.05, 0.1) is 10.4 Å². The van der Waals surface area contributed by atoms with Crippen LogP contribution in [0.5, 0.6) is 0 Å². The van der Waals surface area contributed by atoms with Crippen LogP contribution in [-0.4, -0.2) is 17.6 Å². The lowest BCUT2D eigenvalue weighted by Gasteiger charge is -2.02. The minimum Gasteiger partial charge on any atom is -0.463 e. The van der Waals surface area contributed by atoms with Crippen molar-refractivity contribution < 1.29 is 9.53 Å². The van der Waals surface area contributed by atoms with Crippen LogP contribution in [0.2, 0.25) is 0 Å². The first-order chi connectivity index (χ1) is 9.74. The molecule has 0 aliphatic rings. The minimum absolute atomic E-state index is 0.305. The number of carbonyl (C=O) groups excluding carboxylic acids is 1. The summed E-state index contributed by atoms with van der Waals surface area (Å²) in [5.74, 6) is -0.305. The van der Waals surface area contributed by atoms with Crippen molar-refractivity contribution in [1.29, 1.82) is 0 Å². The fourth-order valence-corrected chi connectivity index (χ4v) is 2.94. The highest BCUT2D eigenvalue weighted by molar-refractivity contribution is 9.11. The van der Waals surface area contributed by atoms with Gasteiger partial charge in [0.2, 0.25) is 0 Å². The summed E-state index contributed by atoms with van der Waals surface area (Å²) in [6.45, 7) is 0.423. The van der Waals surface area contributed by atoms with Crippen molar-refractivity contribution in [3.8, 4) is 0 Å². The lowest BCUT2D eigenvalue weighted by molar-refractivity contribution is -0.137. The van der Waals surface area contributed by atoms with E-state index in [9.17, 15) is 4.79 Å². The predicted molar refractivity (Wildman–Crippen MR) is 84.6 cm³/mol. The zero-order valence-corrected chi connectivity index (χ0v) is 13.2. The Morgan fingerprint density at radius 3 is 3.00 bits per heavy atom. The van der Waals surface area contributed by atoms with Crippen molar-refractivity contribution >= 4 is 39.3 Å². The molecule has 0 aliphatic carbocycles. The molecule has 2 heterocycles. The van der Waals surface area contributed by atoms with E-state index >= 15 is 0 Å². The number of esters is 1. The van der Waals surface area contributed by atoms with Gasteiger partial charge in [-0.05, 0) is 58.6 Å². The van der Waals surface area contributed by atoms with Crippen LogP contribution in [0, 0.1) is 0 Å². The molecule has 0 atom stereocenters. The number of halogens is 1. The van der Waals surface area contributed by atoms with Crippen LogP contribution < -0.4 is 0 Å². The van der Waals surface area contributed by atoms with Gasteiger partial charge >= 0.3 is 5.97 Å². The normalized spacial score (nSPS) is 10.8. The molecule has 20 heavy (non-hydrogen) atoms. The van der Waals surface area contributed by atoms with E-state index in [1.165, 1.54) is 6.08 Å². The number of pyridine rings is 1. The van der Waals surface area contributed by atoms with Crippen LogP contribution in [0.3, 0.4) is 0 Å². The number of hydrogen-bond acceptors (Lipinski definition) is 4. The van der Waals surface area contributed by atoms with Crippen molar-refractivity contribution in [2.45, 2.75) is 12.8 Å². The standard InChI is InChI=1S/C15H14BrNO2S/c16-14-7-5-13(20-14)6-8-15(18)19-10-2-4-12-3-1-9-17-11-12/h1,3,5-9,11H,2,4,10H2. The highest BCUT2D eigenvalue weighted by atomic mass is 79.9. The molecule has 0 bridgehead atoms. The molecule has 2 aromatic rings. The summed E-state index contributed by atoms with van der Waals surface area (Å²) in [4.78, 5) is 16.6. The van der Waals surface area contributed by atoms with E-state index in [1.807, 2.05) is 30.5 Å². The Morgan fingerprint density at radius 1 is 1.40 bits per heavy atom. The average Bonchev–Trinajstić information content (AvgIpc) is 2.88. The van der Waals surface area contributed by atoms with Crippen LogP contribution in [0.25, 0.3) is 6.08 Å². The second kappa shape index (κ2) is 7.97. The monoisotopic (exact) mass is 351 g/mol. The molecular formula is C15H14BrNO2S. The molecule has 0 fully saturated rings.